The summed E-state index contributed by atoms with van der Waals surface area (Å²) >= 11 is 0. The van der Waals surface area contributed by atoms with Gasteiger partial charge in [-0.05, 0) is 19.0 Å². The second-order valence-electron chi connectivity index (χ2n) is 4.90. The molecule has 1 fully saturated rings. The molecule has 2 atom stereocenters. The lowest BCUT2D eigenvalue weighted by Crippen LogP contribution is -2.52. The number of para-hydroxylation sites is 1. The minimum atomic E-state index is 0.0288. The van der Waals surface area contributed by atoms with Crippen LogP contribution in [0, 0.1) is 0 Å². The number of hydrogen-bond acceptors (Lipinski definition) is 4. The third kappa shape index (κ3) is 1.85. The lowest BCUT2D eigenvalue weighted by Gasteiger charge is -2.44. The molecule has 2 aliphatic heterocycles. The van der Waals surface area contributed by atoms with Crippen LogP contribution in [0.2, 0.25) is 0 Å². The van der Waals surface area contributed by atoms with E-state index in [0.717, 1.165) is 31.7 Å². The van der Waals surface area contributed by atoms with Crippen molar-refractivity contribution in [2.75, 3.05) is 26.3 Å². The van der Waals surface area contributed by atoms with E-state index in [2.05, 4.69) is 11.8 Å². The summed E-state index contributed by atoms with van der Waals surface area (Å²) in [6, 6.07) is 5.77. The van der Waals surface area contributed by atoms with Crippen LogP contribution < -0.4 is 4.74 Å². The summed E-state index contributed by atoms with van der Waals surface area (Å²) in [5.41, 5.74) is 0.979. The predicted molar refractivity (Wildman–Crippen MR) is 67.9 cm³/mol. The molecule has 4 heteroatoms. The molecule has 98 valence electrons. The summed E-state index contributed by atoms with van der Waals surface area (Å²) in [4.78, 5) is 2.43. The number of ether oxygens (including phenoxy) is 2. The molecule has 1 unspecified atom stereocenters. The third-order valence-electron chi connectivity index (χ3n) is 3.73. The number of phenolic OH excluding ortho intramolecular Hbond substituents is 1. The first kappa shape index (κ1) is 11.8. The molecule has 0 radical (unpaired) electrons. The number of rotatable bonds is 2. The second kappa shape index (κ2) is 4.78. The molecule has 2 heterocycles. The van der Waals surface area contributed by atoms with Crippen LogP contribution in [0.3, 0.4) is 0 Å². The Morgan fingerprint density at radius 1 is 1.44 bits per heavy atom. The molecule has 18 heavy (non-hydrogen) atoms. The minimum Gasteiger partial charge on any atom is -0.504 e. The van der Waals surface area contributed by atoms with Gasteiger partial charge in [-0.1, -0.05) is 19.1 Å². The Labute approximate surface area is 107 Å². The van der Waals surface area contributed by atoms with E-state index in [1.165, 1.54) is 0 Å². The van der Waals surface area contributed by atoms with E-state index >= 15 is 0 Å². The fourth-order valence-corrected chi connectivity index (χ4v) is 2.91. The molecule has 0 saturated carbocycles. The average molecular weight is 249 g/mol. The van der Waals surface area contributed by atoms with Crippen molar-refractivity contribution in [2.24, 2.45) is 0 Å². The maximum absolute atomic E-state index is 9.82. The fraction of sp³-hybridized carbons (Fsp3) is 0.571. The van der Waals surface area contributed by atoms with Gasteiger partial charge < -0.3 is 14.6 Å². The molecule has 0 spiro atoms. The van der Waals surface area contributed by atoms with Crippen LogP contribution in [0.1, 0.15) is 25.0 Å². The summed E-state index contributed by atoms with van der Waals surface area (Å²) < 4.78 is 11.6. The van der Waals surface area contributed by atoms with E-state index in [4.69, 9.17) is 9.47 Å². The van der Waals surface area contributed by atoms with Crippen molar-refractivity contribution in [3.05, 3.63) is 23.8 Å². The molecule has 2 aliphatic rings. The zero-order valence-electron chi connectivity index (χ0n) is 10.6. The van der Waals surface area contributed by atoms with Gasteiger partial charge in [-0.15, -0.1) is 0 Å². The first-order chi connectivity index (χ1) is 8.81. The molecule has 3 rings (SSSR count). The zero-order valence-corrected chi connectivity index (χ0v) is 10.6. The Morgan fingerprint density at radius 3 is 3.17 bits per heavy atom. The standard InChI is InChI=1S/C14H19NO3/c1-2-6-15-7-8-17-13-10-4-3-5-12(16)14(10)18-9-11(13)15/h3-5,11,13,16H,2,6-9H2,1H3/t11?,13-/m1/s1. The van der Waals surface area contributed by atoms with E-state index in [0.29, 0.717) is 12.4 Å². The number of morpholine rings is 1. The highest BCUT2D eigenvalue weighted by molar-refractivity contribution is 5.48. The number of phenols is 1. The summed E-state index contributed by atoms with van der Waals surface area (Å²) in [6.07, 6.45) is 1.16. The van der Waals surface area contributed by atoms with Gasteiger partial charge in [0.1, 0.15) is 12.7 Å². The van der Waals surface area contributed by atoms with Gasteiger partial charge in [0.05, 0.1) is 12.6 Å². The molecule has 0 aliphatic carbocycles. The van der Waals surface area contributed by atoms with Crippen LogP contribution in [0.25, 0.3) is 0 Å². The Kier molecular flexibility index (Phi) is 3.14. The second-order valence-corrected chi connectivity index (χ2v) is 4.90. The van der Waals surface area contributed by atoms with Crippen LogP contribution in [0.4, 0.5) is 0 Å². The van der Waals surface area contributed by atoms with Gasteiger partial charge >= 0.3 is 0 Å². The molecule has 1 aromatic carbocycles. The van der Waals surface area contributed by atoms with Crippen molar-refractivity contribution in [2.45, 2.75) is 25.5 Å². The maximum atomic E-state index is 9.82. The number of benzene rings is 1. The highest BCUT2D eigenvalue weighted by Crippen LogP contribution is 2.42. The first-order valence-electron chi connectivity index (χ1n) is 6.61. The lowest BCUT2D eigenvalue weighted by molar-refractivity contribution is -0.0960. The highest BCUT2D eigenvalue weighted by atomic mass is 16.5. The zero-order chi connectivity index (χ0) is 12.5. The van der Waals surface area contributed by atoms with Crippen LogP contribution in [-0.2, 0) is 4.74 Å². The van der Waals surface area contributed by atoms with E-state index in [9.17, 15) is 5.11 Å². The Balaban J connectivity index is 1.92. The van der Waals surface area contributed by atoms with Gasteiger partial charge in [0, 0.05) is 12.1 Å². The predicted octanol–water partition coefficient (Wildman–Crippen LogP) is 1.94. The Hall–Kier alpha value is -1.26. The van der Waals surface area contributed by atoms with Crippen molar-refractivity contribution >= 4 is 0 Å². The van der Waals surface area contributed by atoms with E-state index in [1.54, 1.807) is 6.07 Å². The SMILES string of the molecule is CCCN1CCO[C@@H]2c3cccc(O)c3OCC21. The molecule has 1 N–H and O–H groups in total. The van der Waals surface area contributed by atoms with Crippen molar-refractivity contribution < 1.29 is 14.6 Å². The molecule has 4 nitrogen and oxygen atoms in total. The van der Waals surface area contributed by atoms with Gasteiger partial charge in [-0.3, -0.25) is 4.90 Å². The number of fused-ring (bicyclic) bond motifs is 3. The summed E-state index contributed by atoms with van der Waals surface area (Å²) in [5.74, 6) is 0.805. The van der Waals surface area contributed by atoms with E-state index in [-0.39, 0.29) is 17.9 Å². The molecule has 0 amide bonds. The quantitative estimate of drug-likeness (QED) is 0.869. The Bertz CT molecular complexity index is 433. The fourth-order valence-electron chi connectivity index (χ4n) is 2.91. The largest absolute Gasteiger partial charge is 0.504 e. The Morgan fingerprint density at radius 2 is 2.33 bits per heavy atom. The molecular formula is C14H19NO3. The van der Waals surface area contributed by atoms with E-state index in [1.807, 2.05) is 12.1 Å². The van der Waals surface area contributed by atoms with E-state index < -0.39 is 0 Å². The highest BCUT2D eigenvalue weighted by Gasteiger charge is 2.39. The maximum Gasteiger partial charge on any atom is 0.166 e. The summed E-state index contributed by atoms with van der Waals surface area (Å²) in [6.45, 7) is 5.56. The number of aromatic hydroxyl groups is 1. The normalized spacial score (nSPS) is 27.2. The minimum absolute atomic E-state index is 0.0288. The van der Waals surface area contributed by atoms with Crippen molar-refractivity contribution in [3.63, 3.8) is 0 Å². The van der Waals surface area contributed by atoms with Crippen molar-refractivity contribution in [1.29, 1.82) is 0 Å². The lowest BCUT2D eigenvalue weighted by atomic mass is 9.96. The summed E-state index contributed by atoms with van der Waals surface area (Å²) in [5, 5.41) is 9.82. The third-order valence-corrected chi connectivity index (χ3v) is 3.73. The molecule has 0 aromatic heterocycles. The van der Waals surface area contributed by atoms with Crippen LogP contribution in [-0.4, -0.2) is 42.4 Å². The molecule has 1 aromatic rings. The van der Waals surface area contributed by atoms with Crippen LogP contribution >= 0.6 is 0 Å². The van der Waals surface area contributed by atoms with Gasteiger partial charge in [-0.25, -0.2) is 0 Å². The molecule has 0 bridgehead atoms. The van der Waals surface area contributed by atoms with Gasteiger partial charge in [-0.2, -0.15) is 0 Å². The smallest absolute Gasteiger partial charge is 0.166 e. The molecule has 1 saturated heterocycles. The average Bonchev–Trinajstić information content (AvgIpc) is 2.40. The number of nitrogens with zero attached hydrogens (tertiary/aromatic N) is 1. The van der Waals surface area contributed by atoms with Crippen LogP contribution in [0.15, 0.2) is 18.2 Å². The monoisotopic (exact) mass is 249 g/mol. The number of hydrogen-bond donors (Lipinski definition) is 1. The van der Waals surface area contributed by atoms with Gasteiger partial charge in [0.2, 0.25) is 0 Å². The van der Waals surface area contributed by atoms with Gasteiger partial charge in [0.15, 0.2) is 11.5 Å². The van der Waals surface area contributed by atoms with Crippen molar-refractivity contribution in [1.82, 2.24) is 4.90 Å². The summed E-state index contributed by atoms with van der Waals surface area (Å²) in [7, 11) is 0. The topological polar surface area (TPSA) is 41.9 Å². The first-order valence-corrected chi connectivity index (χ1v) is 6.61. The molecular weight excluding hydrogens is 230 g/mol. The van der Waals surface area contributed by atoms with Crippen LogP contribution in [0.5, 0.6) is 11.5 Å². The van der Waals surface area contributed by atoms with Crippen molar-refractivity contribution in [3.8, 4) is 11.5 Å². The van der Waals surface area contributed by atoms with Gasteiger partial charge in [0.25, 0.3) is 0 Å².